The highest BCUT2D eigenvalue weighted by Crippen LogP contribution is 2.28. The zero-order valence-electron chi connectivity index (χ0n) is 13.7. The molecule has 0 bridgehead atoms. The second-order valence-electron chi connectivity index (χ2n) is 5.99. The van der Waals surface area contributed by atoms with E-state index in [0.717, 1.165) is 0 Å². The van der Waals surface area contributed by atoms with Crippen LogP contribution in [0.3, 0.4) is 0 Å². The molecule has 1 N–H and O–H groups in total. The first-order chi connectivity index (χ1) is 12.1. The zero-order valence-corrected chi connectivity index (χ0v) is 15.4. The predicted molar refractivity (Wildman–Crippen MR) is 98.5 cm³/mol. The Morgan fingerprint density at radius 2 is 1.92 bits per heavy atom. The number of nitrogens with one attached hydrogen (secondary N) is 1. The van der Waals surface area contributed by atoms with Crippen molar-refractivity contribution in [2.75, 3.05) is 18.1 Å². The summed E-state index contributed by atoms with van der Waals surface area (Å²) in [4.78, 5) is 16.9. The maximum absolute atomic E-state index is 12.3. The van der Waals surface area contributed by atoms with Crippen LogP contribution in [0.1, 0.15) is 23.2 Å². The van der Waals surface area contributed by atoms with Gasteiger partial charge in [0.2, 0.25) is 0 Å². The fraction of sp³-hybridized carbons (Fsp3) is 0.333. The lowest BCUT2D eigenvalue weighted by molar-refractivity contribution is 0.0948. The first kappa shape index (κ1) is 17.9. The van der Waals surface area contributed by atoms with Crippen LogP contribution in [0.5, 0.6) is 0 Å². The Kier molecular flexibility index (Phi) is 5.75. The molecule has 0 aliphatic heterocycles. The highest BCUT2D eigenvalue weighted by molar-refractivity contribution is 8.00. The maximum Gasteiger partial charge on any atom is 0.254 e. The van der Waals surface area contributed by atoms with Gasteiger partial charge in [-0.05, 0) is 43.0 Å². The molecule has 25 heavy (non-hydrogen) atoms. The summed E-state index contributed by atoms with van der Waals surface area (Å²) >= 11 is 1.30. The molecule has 5 nitrogen and oxygen atoms in total. The monoisotopic (exact) mass is 376 g/mol. The van der Waals surface area contributed by atoms with Gasteiger partial charge in [-0.15, -0.1) is 11.8 Å². The third-order valence-corrected chi connectivity index (χ3v) is 6.95. The number of carbonyl (C=O) groups excluding carboxylic acids is 1. The summed E-state index contributed by atoms with van der Waals surface area (Å²) < 4.78 is 24.6. The Balaban J connectivity index is 1.60. The smallest absolute Gasteiger partial charge is 0.254 e. The van der Waals surface area contributed by atoms with E-state index in [1.807, 2.05) is 0 Å². The number of sulfone groups is 1. The number of nitrogens with zero attached hydrogens (tertiary/aromatic N) is 1. The lowest BCUT2D eigenvalue weighted by atomic mass is 10.2. The molecule has 1 amide bonds. The molecule has 0 radical (unpaired) electrons. The Hall–Kier alpha value is -1.86. The standard InChI is InChI=1S/C18H20N2O3S2/c21-17(20-13-14-8-9-14)16-7-4-10-19-18(16)24-11-12-25(22,23)15-5-2-1-3-6-15/h1-7,10,14H,8-9,11-13H2,(H,20,21). The van der Waals surface area contributed by atoms with E-state index >= 15 is 0 Å². The van der Waals surface area contributed by atoms with Gasteiger partial charge in [0.15, 0.2) is 9.84 Å². The van der Waals surface area contributed by atoms with Crippen LogP contribution in [0.15, 0.2) is 58.6 Å². The van der Waals surface area contributed by atoms with Crippen molar-refractivity contribution >= 4 is 27.5 Å². The molecule has 0 unspecified atom stereocenters. The molecule has 1 heterocycles. The average molecular weight is 377 g/mol. The number of thioether (sulfide) groups is 1. The first-order valence-corrected chi connectivity index (χ1v) is 10.8. The van der Waals surface area contributed by atoms with Crippen molar-refractivity contribution in [3.8, 4) is 0 Å². The number of benzene rings is 1. The van der Waals surface area contributed by atoms with Gasteiger partial charge in [-0.1, -0.05) is 18.2 Å². The Morgan fingerprint density at radius 1 is 1.16 bits per heavy atom. The van der Waals surface area contributed by atoms with Gasteiger partial charge < -0.3 is 5.32 Å². The molecule has 1 aromatic heterocycles. The van der Waals surface area contributed by atoms with E-state index in [-0.39, 0.29) is 11.7 Å². The van der Waals surface area contributed by atoms with Gasteiger partial charge >= 0.3 is 0 Å². The van der Waals surface area contributed by atoms with Crippen molar-refractivity contribution in [2.24, 2.45) is 5.92 Å². The summed E-state index contributed by atoms with van der Waals surface area (Å²) in [5.41, 5.74) is 0.505. The van der Waals surface area contributed by atoms with E-state index in [1.165, 1.54) is 24.6 Å². The van der Waals surface area contributed by atoms with Crippen molar-refractivity contribution in [2.45, 2.75) is 22.8 Å². The van der Waals surface area contributed by atoms with Gasteiger partial charge in [0.05, 0.1) is 16.2 Å². The van der Waals surface area contributed by atoms with Gasteiger partial charge in [0.25, 0.3) is 5.91 Å². The summed E-state index contributed by atoms with van der Waals surface area (Å²) in [6.07, 6.45) is 3.96. The largest absolute Gasteiger partial charge is 0.352 e. The number of rotatable bonds is 8. The SMILES string of the molecule is O=C(NCC1CC1)c1cccnc1SCCS(=O)(=O)c1ccccc1. The Labute approximate surface area is 152 Å². The van der Waals surface area contributed by atoms with Crippen molar-refractivity contribution in [3.63, 3.8) is 0 Å². The molecule has 0 saturated heterocycles. The van der Waals surface area contributed by atoms with Crippen LogP contribution in [0.2, 0.25) is 0 Å². The van der Waals surface area contributed by atoms with Crippen LogP contribution >= 0.6 is 11.8 Å². The summed E-state index contributed by atoms with van der Waals surface area (Å²) in [5.74, 6) is 0.805. The van der Waals surface area contributed by atoms with Crippen LogP contribution in [-0.4, -0.2) is 37.4 Å². The van der Waals surface area contributed by atoms with Crippen LogP contribution in [0.25, 0.3) is 0 Å². The normalized spacial score (nSPS) is 14.2. The molecule has 1 saturated carbocycles. The minimum atomic E-state index is -3.33. The fourth-order valence-corrected chi connectivity index (χ4v) is 4.99. The Bertz CT molecular complexity index is 834. The molecular weight excluding hydrogens is 356 g/mol. The fourth-order valence-electron chi connectivity index (χ4n) is 2.33. The van der Waals surface area contributed by atoms with Crippen LogP contribution < -0.4 is 5.32 Å². The van der Waals surface area contributed by atoms with Crippen molar-refractivity contribution < 1.29 is 13.2 Å². The number of aromatic nitrogens is 1. The average Bonchev–Trinajstić information content (AvgIpc) is 3.45. The Morgan fingerprint density at radius 3 is 2.64 bits per heavy atom. The quantitative estimate of drug-likeness (QED) is 0.717. The molecule has 1 fully saturated rings. The van der Waals surface area contributed by atoms with E-state index in [1.54, 1.807) is 48.7 Å². The summed E-state index contributed by atoms with van der Waals surface area (Å²) in [7, 11) is -3.33. The van der Waals surface area contributed by atoms with Crippen molar-refractivity contribution in [1.82, 2.24) is 10.3 Å². The summed E-state index contributed by atoms with van der Waals surface area (Å²) in [6.45, 7) is 0.695. The van der Waals surface area contributed by atoms with E-state index in [4.69, 9.17) is 0 Å². The number of hydrogen-bond acceptors (Lipinski definition) is 5. The lowest BCUT2D eigenvalue weighted by Gasteiger charge is -2.09. The molecule has 132 valence electrons. The minimum Gasteiger partial charge on any atom is -0.352 e. The zero-order chi connectivity index (χ0) is 17.7. The van der Waals surface area contributed by atoms with E-state index in [2.05, 4.69) is 10.3 Å². The van der Waals surface area contributed by atoms with Gasteiger partial charge in [-0.25, -0.2) is 13.4 Å². The third kappa shape index (κ3) is 5.06. The van der Waals surface area contributed by atoms with Crippen molar-refractivity contribution in [1.29, 1.82) is 0 Å². The number of carbonyl (C=O) groups is 1. The van der Waals surface area contributed by atoms with Gasteiger partial charge in [0, 0.05) is 18.5 Å². The van der Waals surface area contributed by atoms with Crippen LogP contribution in [0.4, 0.5) is 0 Å². The highest BCUT2D eigenvalue weighted by atomic mass is 32.2. The second-order valence-corrected chi connectivity index (χ2v) is 9.18. The van der Waals surface area contributed by atoms with E-state index < -0.39 is 9.84 Å². The van der Waals surface area contributed by atoms with Gasteiger partial charge in [-0.2, -0.15) is 0 Å². The predicted octanol–water partition coefficient (Wildman–Crippen LogP) is 2.79. The van der Waals surface area contributed by atoms with Gasteiger partial charge in [0.1, 0.15) is 5.03 Å². The van der Waals surface area contributed by atoms with E-state index in [0.29, 0.717) is 33.7 Å². The minimum absolute atomic E-state index is 0.00138. The molecule has 2 aromatic rings. The molecule has 1 aliphatic rings. The van der Waals surface area contributed by atoms with Crippen LogP contribution in [0, 0.1) is 5.92 Å². The molecular formula is C18H20N2O3S2. The molecule has 0 spiro atoms. The van der Waals surface area contributed by atoms with Crippen LogP contribution in [-0.2, 0) is 9.84 Å². The molecule has 0 atom stereocenters. The molecule has 1 aliphatic carbocycles. The number of amides is 1. The second kappa shape index (κ2) is 8.01. The number of pyridine rings is 1. The van der Waals surface area contributed by atoms with Gasteiger partial charge in [-0.3, -0.25) is 4.79 Å². The maximum atomic E-state index is 12.3. The van der Waals surface area contributed by atoms with E-state index in [9.17, 15) is 13.2 Å². The molecule has 1 aromatic carbocycles. The first-order valence-electron chi connectivity index (χ1n) is 8.20. The highest BCUT2D eigenvalue weighted by Gasteiger charge is 2.23. The molecule has 7 heteroatoms. The molecule has 3 rings (SSSR count). The third-order valence-electron chi connectivity index (χ3n) is 3.96. The summed E-state index contributed by atoms with van der Waals surface area (Å²) in [5, 5.41) is 3.49. The lowest BCUT2D eigenvalue weighted by Crippen LogP contribution is -2.26. The van der Waals surface area contributed by atoms with Crippen molar-refractivity contribution in [3.05, 3.63) is 54.2 Å². The summed E-state index contributed by atoms with van der Waals surface area (Å²) in [6, 6.07) is 11.8. The topological polar surface area (TPSA) is 76.1 Å². The number of hydrogen-bond donors (Lipinski definition) is 1.